The topological polar surface area (TPSA) is 54.4 Å². The number of aliphatic hydroxyl groups is 1. The molecule has 25 heavy (non-hydrogen) atoms. The van der Waals surface area contributed by atoms with E-state index in [4.69, 9.17) is 0 Å². The van der Waals surface area contributed by atoms with Gasteiger partial charge in [0.25, 0.3) is 0 Å². The Morgan fingerprint density at radius 1 is 1.16 bits per heavy atom. The molecular formula is C21H28O3S. The second kappa shape index (κ2) is 6.10. The van der Waals surface area contributed by atoms with E-state index in [9.17, 15) is 13.5 Å². The minimum Gasteiger partial charge on any atom is -0.392 e. The van der Waals surface area contributed by atoms with Crippen LogP contribution in [0.25, 0.3) is 0 Å². The highest BCUT2D eigenvalue weighted by molar-refractivity contribution is 7.91. The third-order valence-corrected chi connectivity index (χ3v) is 8.00. The molecule has 1 aromatic carbocycles. The van der Waals surface area contributed by atoms with E-state index in [1.165, 1.54) is 0 Å². The van der Waals surface area contributed by atoms with Crippen molar-refractivity contribution in [2.75, 3.05) is 5.75 Å². The highest BCUT2D eigenvalue weighted by Gasteiger charge is 2.54. The number of hydrogen-bond acceptors (Lipinski definition) is 3. The Morgan fingerprint density at radius 3 is 2.44 bits per heavy atom. The first-order valence-corrected chi connectivity index (χ1v) is 10.6. The first-order chi connectivity index (χ1) is 11.6. The van der Waals surface area contributed by atoms with E-state index in [-0.39, 0.29) is 17.1 Å². The molecule has 0 unspecified atom stereocenters. The minimum atomic E-state index is -3.45. The van der Waals surface area contributed by atoms with E-state index in [1.807, 2.05) is 26.0 Å². The zero-order chi connectivity index (χ0) is 18.5. The van der Waals surface area contributed by atoms with Crippen LogP contribution < -0.4 is 0 Å². The molecule has 3 nitrogen and oxygen atoms in total. The molecule has 0 bridgehead atoms. The average molecular weight is 361 g/mol. The lowest BCUT2D eigenvalue weighted by atomic mass is 9.51. The predicted octanol–water partition coefficient (Wildman–Crippen LogP) is 4.15. The average Bonchev–Trinajstić information content (AvgIpc) is 2.56. The van der Waals surface area contributed by atoms with E-state index in [0.29, 0.717) is 11.3 Å². The molecular weight excluding hydrogens is 332 g/mol. The van der Waals surface area contributed by atoms with Crippen molar-refractivity contribution in [1.82, 2.24) is 0 Å². The number of sulfone groups is 1. The van der Waals surface area contributed by atoms with Crippen molar-refractivity contribution in [3.8, 4) is 0 Å². The van der Waals surface area contributed by atoms with Crippen LogP contribution in [-0.4, -0.2) is 25.4 Å². The standard InChI is InChI=1S/C21H28O3S/c1-15-10-11-18-20(2,3)13-12-19(22)21(18,4)17(15)14-25(23,24)16-8-6-5-7-9-16/h5-11,18-19,22H,12-14H2,1-4H3/t18-,19+,21+/m1/s1. The highest BCUT2D eigenvalue weighted by atomic mass is 32.2. The van der Waals surface area contributed by atoms with Gasteiger partial charge in [0.2, 0.25) is 0 Å². The lowest BCUT2D eigenvalue weighted by molar-refractivity contribution is -0.0583. The molecule has 2 aliphatic carbocycles. The fraction of sp³-hybridized carbons (Fsp3) is 0.524. The van der Waals surface area contributed by atoms with Gasteiger partial charge in [-0.05, 0) is 48.8 Å². The maximum atomic E-state index is 13.0. The van der Waals surface area contributed by atoms with Crippen molar-refractivity contribution >= 4 is 9.84 Å². The van der Waals surface area contributed by atoms with Crippen molar-refractivity contribution in [1.29, 1.82) is 0 Å². The van der Waals surface area contributed by atoms with Crippen LogP contribution in [0.1, 0.15) is 40.5 Å². The Labute approximate surface area is 151 Å². The normalized spacial score (nSPS) is 31.7. The molecule has 0 heterocycles. The summed E-state index contributed by atoms with van der Waals surface area (Å²) in [5, 5.41) is 10.9. The number of fused-ring (bicyclic) bond motifs is 1. The molecule has 1 saturated carbocycles. The Hall–Kier alpha value is -1.39. The van der Waals surface area contributed by atoms with Crippen molar-refractivity contribution < 1.29 is 13.5 Å². The molecule has 136 valence electrons. The first-order valence-electron chi connectivity index (χ1n) is 8.93. The quantitative estimate of drug-likeness (QED) is 0.881. The van der Waals surface area contributed by atoms with E-state index >= 15 is 0 Å². The van der Waals surface area contributed by atoms with Crippen molar-refractivity contribution in [3.63, 3.8) is 0 Å². The van der Waals surface area contributed by atoms with Gasteiger partial charge in [0.1, 0.15) is 0 Å². The smallest absolute Gasteiger partial charge is 0.182 e. The summed E-state index contributed by atoms with van der Waals surface area (Å²) in [6.45, 7) is 8.44. The van der Waals surface area contributed by atoms with Crippen molar-refractivity contribution in [2.45, 2.75) is 51.5 Å². The molecule has 3 rings (SSSR count). The van der Waals surface area contributed by atoms with Gasteiger partial charge in [-0.25, -0.2) is 8.42 Å². The molecule has 3 atom stereocenters. The zero-order valence-electron chi connectivity index (χ0n) is 15.5. The largest absolute Gasteiger partial charge is 0.392 e. The summed E-state index contributed by atoms with van der Waals surface area (Å²) < 4.78 is 26.0. The lowest BCUT2D eigenvalue weighted by Crippen LogP contribution is -2.52. The molecule has 4 heteroatoms. The molecule has 1 N–H and O–H groups in total. The van der Waals surface area contributed by atoms with Crippen LogP contribution in [0, 0.1) is 16.7 Å². The van der Waals surface area contributed by atoms with Crippen LogP contribution in [0.4, 0.5) is 0 Å². The van der Waals surface area contributed by atoms with Gasteiger partial charge in [-0.1, -0.05) is 56.7 Å². The zero-order valence-corrected chi connectivity index (χ0v) is 16.3. The molecule has 1 aromatic rings. The molecule has 0 saturated heterocycles. The van der Waals surface area contributed by atoms with E-state index in [2.05, 4.69) is 19.9 Å². The highest BCUT2D eigenvalue weighted by Crippen LogP contribution is 2.57. The summed E-state index contributed by atoms with van der Waals surface area (Å²) in [6, 6.07) is 8.60. The summed E-state index contributed by atoms with van der Waals surface area (Å²) in [5.41, 5.74) is 1.33. The monoisotopic (exact) mass is 360 g/mol. The van der Waals surface area contributed by atoms with Gasteiger partial charge in [0.15, 0.2) is 9.84 Å². The fourth-order valence-electron chi connectivity index (χ4n) is 4.77. The van der Waals surface area contributed by atoms with Crippen LogP contribution in [0.5, 0.6) is 0 Å². The van der Waals surface area contributed by atoms with Gasteiger partial charge in [0, 0.05) is 5.41 Å². The predicted molar refractivity (Wildman–Crippen MR) is 101 cm³/mol. The molecule has 0 amide bonds. The van der Waals surface area contributed by atoms with Gasteiger partial charge >= 0.3 is 0 Å². The first kappa shape index (κ1) is 18.4. The summed E-state index contributed by atoms with van der Waals surface area (Å²) in [4.78, 5) is 0.342. The molecule has 1 fully saturated rings. The minimum absolute atomic E-state index is 0.0344. The second-order valence-corrected chi connectivity index (χ2v) is 10.4. The third kappa shape index (κ3) is 3.00. The van der Waals surface area contributed by atoms with Gasteiger partial charge in [-0.3, -0.25) is 0 Å². The summed E-state index contributed by atoms with van der Waals surface area (Å²) in [6.07, 6.45) is 5.34. The number of benzene rings is 1. The third-order valence-electron chi connectivity index (χ3n) is 6.34. The Morgan fingerprint density at radius 2 is 1.80 bits per heavy atom. The number of aliphatic hydroxyl groups excluding tert-OH is 1. The van der Waals surface area contributed by atoms with Crippen LogP contribution in [-0.2, 0) is 9.84 Å². The molecule has 0 aliphatic heterocycles. The van der Waals surface area contributed by atoms with Gasteiger partial charge in [-0.2, -0.15) is 0 Å². The Balaban J connectivity index is 2.06. The van der Waals surface area contributed by atoms with Crippen LogP contribution >= 0.6 is 0 Å². The Bertz CT molecular complexity index is 818. The molecule has 0 radical (unpaired) electrons. The second-order valence-electron chi connectivity index (χ2n) is 8.40. The number of allylic oxidation sites excluding steroid dienone is 3. The van der Waals surface area contributed by atoms with Crippen LogP contribution in [0.3, 0.4) is 0 Å². The van der Waals surface area contributed by atoms with E-state index in [1.54, 1.807) is 24.3 Å². The van der Waals surface area contributed by atoms with Gasteiger partial charge in [0.05, 0.1) is 16.8 Å². The van der Waals surface area contributed by atoms with Crippen LogP contribution in [0.2, 0.25) is 0 Å². The number of hydrogen-bond donors (Lipinski definition) is 1. The van der Waals surface area contributed by atoms with Crippen LogP contribution in [0.15, 0.2) is 58.5 Å². The maximum absolute atomic E-state index is 13.0. The van der Waals surface area contributed by atoms with Gasteiger partial charge in [-0.15, -0.1) is 0 Å². The Kier molecular flexibility index (Phi) is 4.49. The van der Waals surface area contributed by atoms with E-state index < -0.39 is 21.4 Å². The number of rotatable bonds is 3. The molecule has 0 aromatic heterocycles. The lowest BCUT2D eigenvalue weighted by Gasteiger charge is -2.55. The summed E-state index contributed by atoms with van der Waals surface area (Å²) >= 11 is 0. The van der Waals surface area contributed by atoms with E-state index in [0.717, 1.165) is 17.6 Å². The van der Waals surface area contributed by atoms with Crippen molar-refractivity contribution in [3.05, 3.63) is 53.6 Å². The summed E-state index contributed by atoms with van der Waals surface area (Å²) in [5.74, 6) is 0.0984. The van der Waals surface area contributed by atoms with Gasteiger partial charge < -0.3 is 5.11 Å². The SMILES string of the molecule is CC1=C(CS(=O)(=O)c2ccccc2)[C@@]2(C)[C@H](C=C1)C(C)(C)CC[C@@H]2O. The summed E-state index contributed by atoms with van der Waals surface area (Å²) in [7, 11) is -3.45. The fourth-order valence-corrected chi connectivity index (χ4v) is 6.43. The molecule has 2 aliphatic rings. The van der Waals surface area contributed by atoms with Crippen molar-refractivity contribution in [2.24, 2.45) is 16.7 Å². The maximum Gasteiger partial charge on any atom is 0.182 e. The molecule has 0 spiro atoms.